The summed E-state index contributed by atoms with van der Waals surface area (Å²) in [5.74, 6) is 0.385. The third-order valence-corrected chi connectivity index (χ3v) is 5.82. The van der Waals surface area contributed by atoms with Crippen molar-refractivity contribution < 1.29 is 9.59 Å². The summed E-state index contributed by atoms with van der Waals surface area (Å²) in [6.07, 6.45) is 9.86. The second kappa shape index (κ2) is 9.48. The van der Waals surface area contributed by atoms with Gasteiger partial charge in [-0.3, -0.25) is 4.79 Å². The molecule has 156 valence electrons. The van der Waals surface area contributed by atoms with E-state index in [1.165, 1.54) is 19.3 Å². The summed E-state index contributed by atoms with van der Waals surface area (Å²) in [6, 6.07) is 4.57. The molecular weight excluding hydrogens is 352 g/mol. The van der Waals surface area contributed by atoms with Crippen molar-refractivity contribution in [1.29, 1.82) is 0 Å². The fourth-order valence-electron chi connectivity index (χ4n) is 4.07. The molecule has 0 unspecified atom stereocenters. The van der Waals surface area contributed by atoms with E-state index in [4.69, 9.17) is 0 Å². The van der Waals surface area contributed by atoms with Gasteiger partial charge in [0, 0.05) is 37.6 Å². The minimum Gasteiger partial charge on any atom is -0.353 e. The summed E-state index contributed by atoms with van der Waals surface area (Å²) >= 11 is 0. The zero-order valence-corrected chi connectivity index (χ0v) is 17.7. The maximum absolute atomic E-state index is 13.1. The van der Waals surface area contributed by atoms with Crippen LogP contribution in [-0.2, 0) is 18.4 Å². The fourth-order valence-corrected chi connectivity index (χ4v) is 4.07. The Morgan fingerprint density at radius 3 is 2.46 bits per heavy atom. The predicted molar refractivity (Wildman–Crippen MR) is 111 cm³/mol. The molecule has 1 aromatic rings. The molecule has 0 atom stereocenters. The first-order valence-corrected chi connectivity index (χ1v) is 10.9. The first kappa shape index (κ1) is 20.7. The third-order valence-electron chi connectivity index (χ3n) is 5.82. The lowest BCUT2D eigenvalue weighted by molar-refractivity contribution is -0.133. The lowest BCUT2D eigenvalue weighted by Gasteiger charge is -2.31. The molecule has 2 saturated carbocycles. The van der Waals surface area contributed by atoms with Gasteiger partial charge in [0.25, 0.3) is 0 Å². The number of hydrogen-bond donors (Lipinski definition) is 1. The van der Waals surface area contributed by atoms with Crippen LogP contribution < -0.4 is 5.32 Å². The molecule has 0 radical (unpaired) electrons. The molecule has 0 aromatic carbocycles. The van der Waals surface area contributed by atoms with Gasteiger partial charge in [0.15, 0.2) is 0 Å². The Kier molecular flexibility index (Phi) is 7.03. The van der Waals surface area contributed by atoms with Crippen LogP contribution in [0, 0.1) is 5.92 Å². The molecule has 1 aromatic heterocycles. The lowest BCUT2D eigenvalue weighted by atomic mass is 9.96. The topological polar surface area (TPSA) is 57.6 Å². The van der Waals surface area contributed by atoms with Crippen LogP contribution in [0.4, 0.5) is 4.79 Å². The molecule has 1 N–H and O–H groups in total. The Balaban J connectivity index is 1.63. The van der Waals surface area contributed by atoms with Crippen LogP contribution in [-0.4, -0.2) is 51.5 Å². The number of nitrogens with one attached hydrogen (secondary N) is 1. The van der Waals surface area contributed by atoms with Crippen molar-refractivity contribution >= 4 is 11.9 Å². The van der Waals surface area contributed by atoms with Crippen LogP contribution in [0.1, 0.15) is 64.5 Å². The van der Waals surface area contributed by atoms with Gasteiger partial charge in [-0.15, -0.1) is 0 Å². The van der Waals surface area contributed by atoms with E-state index >= 15 is 0 Å². The summed E-state index contributed by atoms with van der Waals surface area (Å²) in [4.78, 5) is 29.7. The van der Waals surface area contributed by atoms with E-state index in [0.717, 1.165) is 31.4 Å². The van der Waals surface area contributed by atoms with Gasteiger partial charge in [-0.05, 0) is 43.7 Å². The second-order valence-corrected chi connectivity index (χ2v) is 8.92. The molecule has 0 aliphatic heterocycles. The molecule has 3 amide bonds. The van der Waals surface area contributed by atoms with E-state index in [9.17, 15) is 9.59 Å². The zero-order valence-electron chi connectivity index (χ0n) is 17.7. The van der Waals surface area contributed by atoms with Gasteiger partial charge in [0.05, 0.1) is 6.54 Å². The number of amides is 3. The van der Waals surface area contributed by atoms with Crippen molar-refractivity contribution in [3.63, 3.8) is 0 Å². The number of aromatic nitrogens is 1. The van der Waals surface area contributed by atoms with Crippen LogP contribution in [0.2, 0.25) is 0 Å². The van der Waals surface area contributed by atoms with E-state index in [2.05, 4.69) is 29.8 Å². The molecule has 2 aliphatic rings. The van der Waals surface area contributed by atoms with Gasteiger partial charge in [-0.2, -0.15) is 0 Å². The molecule has 1 heterocycles. The highest BCUT2D eigenvalue weighted by atomic mass is 16.2. The van der Waals surface area contributed by atoms with Crippen molar-refractivity contribution in [2.45, 2.75) is 77.4 Å². The Morgan fingerprint density at radius 1 is 1.18 bits per heavy atom. The average molecular weight is 389 g/mol. The molecular formula is C22H36N4O2. The van der Waals surface area contributed by atoms with Gasteiger partial charge in [-0.1, -0.05) is 33.1 Å². The Morgan fingerprint density at radius 2 is 1.89 bits per heavy atom. The quantitative estimate of drug-likeness (QED) is 0.741. The predicted octanol–water partition coefficient (Wildman–Crippen LogP) is 3.52. The summed E-state index contributed by atoms with van der Waals surface area (Å²) in [6.45, 7) is 5.57. The van der Waals surface area contributed by atoms with Gasteiger partial charge >= 0.3 is 6.03 Å². The lowest BCUT2D eigenvalue weighted by Crippen LogP contribution is -2.50. The third kappa shape index (κ3) is 5.76. The van der Waals surface area contributed by atoms with Crippen molar-refractivity contribution in [2.24, 2.45) is 13.0 Å². The summed E-state index contributed by atoms with van der Waals surface area (Å²) < 4.78 is 2.06. The van der Waals surface area contributed by atoms with Crippen LogP contribution in [0.5, 0.6) is 0 Å². The SMILES string of the molecule is CC(C)CN(CC(=O)N(Cc1cccn1C)C1CC1)C(=O)NC1CCCCC1. The van der Waals surface area contributed by atoms with Gasteiger partial charge in [-0.25, -0.2) is 4.79 Å². The molecule has 0 spiro atoms. The first-order valence-electron chi connectivity index (χ1n) is 10.9. The Bertz CT molecular complexity index is 659. The minimum atomic E-state index is -0.0800. The van der Waals surface area contributed by atoms with Crippen molar-refractivity contribution in [1.82, 2.24) is 19.7 Å². The van der Waals surface area contributed by atoms with E-state index in [1.807, 2.05) is 24.2 Å². The number of aryl methyl sites for hydroxylation is 1. The van der Waals surface area contributed by atoms with Crippen LogP contribution >= 0.6 is 0 Å². The normalized spacial score (nSPS) is 17.6. The standard InChI is InChI=1S/C22H36N4O2/c1-17(2)14-25(22(28)23-18-8-5-4-6-9-18)16-21(27)26(19-11-12-19)15-20-10-7-13-24(20)3/h7,10,13,17-19H,4-6,8-9,11-12,14-16H2,1-3H3,(H,23,28). The highest BCUT2D eigenvalue weighted by Crippen LogP contribution is 2.28. The maximum Gasteiger partial charge on any atom is 0.318 e. The molecule has 6 heteroatoms. The minimum absolute atomic E-state index is 0.0585. The summed E-state index contributed by atoms with van der Waals surface area (Å²) in [7, 11) is 2.01. The maximum atomic E-state index is 13.1. The smallest absolute Gasteiger partial charge is 0.318 e. The molecule has 3 rings (SSSR count). The molecule has 28 heavy (non-hydrogen) atoms. The van der Waals surface area contributed by atoms with Gasteiger partial charge in [0.1, 0.15) is 6.54 Å². The number of carbonyl (C=O) groups is 2. The van der Waals surface area contributed by atoms with Crippen molar-refractivity contribution in [3.05, 3.63) is 24.0 Å². The highest BCUT2D eigenvalue weighted by Gasteiger charge is 2.34. The second-order valence-electron chi connectivity index (χ2n) is 8.92. The molecule has 0 bridgehead atoms. The number of nitrogens with zero attached hydrogens (tertiary/aromatic N) is 3. The van der Waals surface area contributed by atoms with Gasteiger partial charge in [0.2, 0.25) is 5.91 Å². The molecule has 2 fully saturated rings. The van der Waals surface area contributed by atoms with Crippen molar-refractivity contribution in [3.8, 4) is 0 Å². The summed E-state index contributed by atoms with van der Waals surface area (Å²) in [5, 5.41) is 3.18. The van der Waals surface area contributed by atoms with E-state index in [0.29, 0.717) is 25.0 Å². The largest absolute Gasteiger partial charge is 0.353 e. The zero-order chi connectivity index (χ0) is 20.1. The molecule has 2 aliphatic carbocycles. The number of urea groups is 1. The van der Waals surface area contributed by atoms with Crippen LogP contribution in [0.25, 0.3) is 0 Å². The van der Waals surface area contributed by atoms with Crippen LogP contribution in [0.15, 0.2) is 18.3 Å². The van der Waals surface area contributed by atoms with Gasteiger partial charge < -0.3 is 19.7 Å². The number of hydrogen-bond acceptors (Lipinski definition) is 2. The van der Waals surface area contributed by atoms with E-state index in [1.54, 1.807) is 4.90 Å². The van der Waals surface area contributed by atoms with Crippen LogP contribution in [0.3, 0.4) is 0 Å². The summed E-state index contributed by atoms with van der Waals surface area (Å²) in [5.41, 5.74) is 1.13. The number of rotatable bonds is 8. The number of carbonyl (C=O) groups excluding carboxylic acids is 2. The molecule has 6 nitrogen and oxygen atoms in total. The Hall–Kier alpha value is -1.98. The van der Waals surface area contributed by atoms with E-state index < -0.39 is 0 Å². The average Bonchev–Trinajstić information content (AvgIpc) is 3.41. The molecule has 0 saturated heterocycles. The van der Waals surface area contributed by atoms with Crippen molar-refractivity contribution in [2.75, 3.05) is 13.1 Å². The first-order chi connectivity index (χ1) is 13.4. The fraction of sp³-hybridized carbons (Fsp3) is 0.727. The van der Waals surface area contributed by atoms with E-state index in [-0.39, 0.29) is 24.5 Å². The Labute approximate surface area is 169 Å². The monoisotopic (exact) mass is 388 g/mol. The highest BCUT2D eigenvalue weighted by molar-refractivity contribution is 5.84.